The van der Waals surface area contributed by atoms with Gasteiger partial charge in [-0.25, -0.2) is 4.79 Å². The molecule has 2 rings (SSSR count). The summed E-state index contributed by atoms with van der Waals surface area (Å²) in [5.41, 5.74) is -0.313. The van der Waals surface area contributed by atoms with Crippen molar-refractivity contribution in [3.05, 3.63) is 58.3 Å². The summed E-state index contributed by atoms with van der Waals surface area (Å²) in [7, 11) is 0. The number of hydrogen-bond acceptors (Lipinski definition) is 4. The molecule has 0 aliphatic heterocycles. The molecule has 3 N–H and O–H groups in total. The minimum Gasteiger partial charge on any atom is -0.479 e. The van der Waals surface area contributed by atoms with Gasteiger partial charge < -0.3 is 15.7 Å². The van der Waals surface area contributed by atoms with E-state index in [2.05, 4.69) is 10.6 Å². The van der Waals surface area contributed by atoms with E-state index in [-0.39, 0.29) is 24.7 Å². The summed E-state index contributed by atoms with van der Waals surface area (Å²) < 4.78 is 0. The number of aliphatic carboxylic acids is 1. The van der Waals surface area contributed by atoms with Crippen molar-refractivity contribution in [3.63, 3.8) is 0 Å². The number of carbonyl (C=O) groups is 3. The first-order valence-corrected chi connectivity index (χ1v) is 9.34. The Kier molecular flexibility index (Phi) is 6.91. The summed E-state index contributed by atoms with van der Waals surface area (Å²) in [5, 5.41) is 18.7. The Bertz CT molecular complexity index is 746. The highest BCUT2D eigenvalue weighted by molar-refractivity contribution is 7.08. The van der Waals surface area contributed by atoms with Crippen LogP contribution in [-0.4, -0.2) is 29.4 Å². The van der Waals surface area contributed by atoms with Gasteiger partial charge in [-0.3, -0.25) is 9.59 Å². The van der Waals surface area contributed by atoms with Gasteiger partial charge in [-0.05, 0) is 29.9 Å². The smallest absolute Gasteiger partial charge is 0.334 e. The maximum absolute atomic E-state index is 12.3. The molecule has 6 nitrogen and oxygen atoms in total. The van der Waals surface area contributed by atoms with Gasteiger partial charge in [-0.15, -0.1) is 0 Å². The lowest BCUT2D eigenvalue weighted by molar-refractivity contribution is -0.148. The Hall–Kier alpha value is -2.67. The standard InChI is InChI=1S/C19H22N2O4S/c1-2-19(18(24)25,15-7-4-3-5-8-15)21-16(22)9-6-11-20-17(23)14-10-12-26-13-14/h3-5,7-8,10,12-13H,2,6,9,11H2,1H3,(H,20,23)(H,21,22)(H,24,25). The van der Waals surface area contributed by atoms with Crippen LogP contribution in [0.3, 0.4) is 0 Å². The lowest BCUT2D eigenvalue weighted by Crippen LogP contribution is -2.51. The lowest BCUT2D eigenvalue weighted by Gasteiger charge is -2.30. The molecule has 2 aromatic rings. The highest BCUT2D eigenvalue weighted by Gasteiger charge is 2.39. The quantitative estimate of drug-likeness (QED) is 0.588. The average molecular weight is 374 g/mol. The number of carboxylic acids is 1. The molecule has 2 amide bonds. The summed E-state index contributed by atoms with van der Waals surface area (Å²) in [4.78, 5) is 36.0. The second-order valence-corrected chi connectivity index (χ2v) is 6.63. The average Bonchev–Trinajstić information content (AvgIpc) is 3.18. The van der Waals surface area contributed by atoms with Crippen LogP contribution >= 0.6 is 11.3 Å². The van der Waals surface area contributed by atoms with Gasteiger partial charge in [0.2, 0.25) is 5.91 Å². The van der Waals surface area contributed by atoms with E-state index in [1.807, 2.05) is 5.38 Å². The molecule has 0 aliphatic carbocycles. The zero-order valence-corrected chi connectivity index (χ0v) is 15.3. The van der Waals surface area contributed by atoms with Crippen LogP contribution < -0.4 is 10.6 Å². The van der Waals surface area contributed by atoms with Gasteiger partial charge >= 0.3 is 5.97 Å². The van der Waals surface area contributed by atoms with E-state index in [9.17, 15) is 19.5 Å². The largest absolute Gasteiger partial charge is 0.479 e. The van der Waals surface area contributed by atoms with Crippen LogP contribution in [-0.2, 0) is 15.1 Å². The van der Waals surface area contributed by atoms with E-state index in [1.165, 1.54) is 11.3 Å². The second-order valence-electron chi connectivity index (χ2n) is 5.85. The number of hydrogen-bond donors (Lipinski definition) is 3. The van der Waals surface area contributed by atoms with Gasteiger partial charge in [0.1, 0.15) is 0 Å². The van der Waals surface area contributed by atoms with Gasteiger partial charge in [-0.1, -0.05) is 37.3 Å². The molecule has 1 aromatic carbocycles. The summed E-state index contributed by atoms with van der Waals surface area (Å²) in [6, 6.07) is 10.4. The molecular formula is C19H22N2O4S. The van der Waals surface area contributed by atoms with E-state index in [1.54, 1.807) is 48.7 Å². The SMILES string of the molecule is CCC(NC(=O)CCCNC(=O)c1ccsc1)(C(=O)O)c1ccccc1. The Morgan fingerprint density at radius 1 is 1.15 bits per heavy atom. The van der Waals surface area contributed by atoms with Gasteiger partial charge in [0.15, 0.2) is 5.54 Å². The maximum Gasteiger partial charge on any atom is 0.334 e. The minimum atomic E-state index is -1.45. The maximum atomic E-state index is 12.3. The molecule has 0 saturated heterocycles. The van der Waals surface area contributed by atoms with E-state index < -0.39 is 11.5 Å². The van der Waals surface area contributed by atoms with Crippen molar-refractivity contribution >= 4 is 29.1 Å². The third-order valence-electron chi connectivity index (χ3n) is 4.16. The molecule has 0 aliphatic rings. The van der Waals surface area contributed by atoms with Crippen LogP contribution in [0.1, 0.15) is 42.1 Å². The summed E-state index contributed by atoms with van der Waals surface area (Å²) >= 11 is 1.44. The predicted molar refractivity (Wildman–Crippen MR) is 100 cm³/mol. The van der Waals surface area contributed by atoms with Crippen molar-refractivity contribution in [1.82, 2.24) is 10.6 Å². The zero-order chi connectivity index (χ0) is 19.0. The van der Waals surface area contributed by atoms with Crippen molar-refractivity contribution < 1.29 is 19.5 Å². The van der Waals surface area contributed by atoms with Crippen molar-refractivity contribution in [1.29, 1.82) is 0 Å². The van der Waals surface area contributed by atoms with Crippen molar-refractivity contribution in [2.75, 3.05) is 6.54 Å². The molecule has 1 unspecified atom stereocenters. The molecular weight excluding hydrogens is 352 g/mol. The van der Waals surface area contributed by atoms with Crippen LogP contribution in [0.5, 0.6) is 0 Å². The number of rotatable bonds is 9. The van der Waals surface area contributed by atoms with Crippen LogP contribution in [0.15, 0.2) is 47.2 Å². The van der Waals surface area contributed by atoms with E-state index in [0.29, 0.717) is 24.1 Å². The van der Waals surface area contributed by atoms with Crippen molar-refractivity contribution in [2.45, 2.75) is 31.7 Å². The summed E-state index contributed by atoms with van der Waals surface area (Å²) in [6.07, 6.45) is 0.786. The molecule has 7 heteroatoms. The molecule has 0 saturated carbocycles. The van der Waals surface area contributed by atoms with E-state index in [0.717, 1.165) is 0 Å². The molecule has 0 radical (unpaired) electrons. The van der Waals surface area contributed by atoms with Gasteiger partial charge in [0.05, 0.1) is 0 Å². The molecule has 138 valence electrons. The molecule has 0 spiro atoms. The number of thiophene rings is 1. The monoisotopic (exact) mass is 374 g/mol. The second kappa shape index (κ2) is 9.15. The molecule has 1 aromatic heterocycles. The molecule has 1 heterocycles. The molecule has 26 heavy (non-hydrogen) atoms. The van der Waals surface area contributed by atoms with Crippen LogP contribution in [0.4, 0.5) is 0 Å². The molecule has 0 bridgehead atoms. The number of nitrogens with one attached hydrogen (secondary N) is 2. The number of benzene rings is 1. The fraction of sp³-hybridized carbons (Fsp3) is 0.316. The fourth-order valence-corrected chi connectivity index (χ4v) is 3.30. The van der Waals surface area contributed by atoms with Crippen LogP contribution in [0.25, 0.3) is 0 Å². The van der Waals surface area contributed by atoms with E-state index >= 15 is 0 Å². The highest BCUT2D eigenvalue weighted by Crippen LogP contribution is 2.25. The summed E-state index contributed by atoms with van der Waals surface area (Å²) in [5.74, 6) is -1.63. The van der Waals surface area contributed by atoms with Crippen molar-refractivity contribution in [3.8, 4) is 0 Å². The first-order valence-electron chi connectivity index (χ1n) is 8.40. The topological polar surface area (TPSA) is 95.5 Å². The lowest BCUT2D eigenvalue weighted by atomic mass is 9.87. The first-order chi connectivity index (χ1) is 12.5. The van der Waals surface area contributed by atoms with Crippen molar-refractivity contribution in [2.24, 2.45) is 0 Å². The Balaban J connectivity index is 1.90. The normalized spacial score (nSPS) is 12.8. The molecule has 0 fully saturated rings. The Labute approximate surface area is 156 Å². The number of carbonyl (C=O) groups excluding carboxylic acids is 2. The van der Waals surface area contributed by atoms with Gasteiger partial charge in [0.25, 0.3) is 5.91 Å². The Morgan fingerprint density at radius 3 is 2.46 bits per heavy atom. The fourth-order valence-electron chi connectivity index (χ4n) is 2.66. The Morgan fingerprint density at radius 2 is 1.88 bits per heavy atom. The van der Waals surface area contributed by atoms with Crippen LogP contribution in [0.2, 0.25) is 0 Å². The number of carboxylic acid groups (broad SMARTS) is 1. The van der Waals surface area contributed by atoms with Crippen LogP contribution in [0, 0.1) is 0 Å². The minimum absolute atomic E-state index is 0.131. The number of amides is 2. The summed E-state index contributed by atoms with van der Waals surface area (Å²) in [6.45, 7) is 2.07. The highest BCUT2D eigenvalue weighted by atomic mass is 32.1. The first kappa shape index (κ1) is 19.7. The third-order valence-corrected chi connectivity index (χ3v) is 4.85. The predicted octanol–water partition coefficient (Wildman–Crippen LogP) is 2.76. The third kappa shape index (κ3) is 4.70. The zero-order valence-electron chi connectivity index (χ0n) is 14.5. The van der Waals surface area contributed by atoms with E-state index in [4.69, 9.17) is 0 Å². The van der Waals surface area contributed by atoms with Gasteiger partial charge in [0, 0.05) is 23.9 Å². The van der Waals surface area contributed by atoms with Gasteiger partial charge in [-0.2, -0.15) is 11.3 Å². The molecule has 1 atom stereocenters.